The summed E-state index contributed by atoms with van der Waals surface area (Å²) in [4.78, 5) is 11.5. The zero-order valence-corrected chi connectivity index (χ0v) is 10.7. The van der Waals surface area contributed by atoms with Crippen molar-refractivity contribution in [1.29, 1.82) is 0 Å². The van der Waals surface area contributed by atoms with Crippen LogP contribution in [0.2, 0.25) is 5.02 Å². The van der Waals surface area contributed by atoms with E-state index in [1.165, 1.54) is 0 Å². The van der Waals surface area contributed by atoms with Gasteiger partial charge in [0.2, 0.25) is 5.91 Å². The minimum Gasteiger partial charge on any atom is -0.330 e. The number of carbonyl (C=O) groups excluding carboxylic acids is 1. The maximum Gasteiger partial charge on any atom is 0.224 e. The largest absolute Gasteiger partial charge is 0.330 e. The van der Waals surface area contributed by atoms with Gasteiger partial charge >= 0.3 is 0 Å². The summed E-state index contributed by atoms with van der Waals surface area (Å²) in [6.07, 6.45) is 3.09. The first-order valence-corrected chi connectivity index (χ1v) is 6.32. The van der Waals surface area contributed by atoms with Gasteiger partial charge in [-0.25, -0.2) is 0 Å². The number of halogens is 1. The highest BCUT2D eigenvalue weighted by Crippen LogP contribution is 2.34. The SMILES string of the molecule is Cc1c(Cl)cc2c(c1CCCN)NC(=O)CC2. The lowest BCUT2D eigenvalue weighted by Gasteiger charge is -2.23. The quantitative estimate of drug-likeness (QED) is 0.868. The number of rotatable bonds is 3. The van der Waals surface area contributed by atoms with Crippen LogP contribution in [0.5, 0.6) is 0 Å². The molecule has 1 amide bonds. The molecule has 0 spiro atoms. The number of fused-ring (bicyclic) bond motifs is 1. The molecule has 1 heterocycles. The van der Waals surface area contributed by atoms with Gasteiger partial charge in [0.1, 0.15) is 0 Å². The van der Waals surface area contributed by atoms with E-state index in [1.54, 1.807) is 0 Å². The fraction of sp³-hybridized carbons (Fsp3) is 0.462. The summed E-state index contributed by atoms with van der Waals surface area (Å²) in [6.45, 7) is 2.64. The van der Waals surface area contributed by atoms with Gasteiger partial charge in [-0.2, -0.15) is 0 Å². The molecule has 0 fully saturated rings. The van der Waals surface area contributed by atoms with Crippen LogP contribution in [0.1, 0.15) is 29.5 Å². The molecule has 0 radical (unpaired) electrons. The molecule has 1 aromatic carbocycles. The number of nitrogens with one attached hydrogen (secondary N) is 1. The minimum absolute atomic E-state index is 0.0909. The molecule has 0 saturated heterocycles. The molecule has 17 heavy (non-hydrogen) atoms. The van der Waals surface area contributed by atoms with E-state index in [-0.39, 0.29) is 5.91 Å². The molecule has 0 aromatic heterocycles. The highest BCUT2D eigenvalue weighted by atomic mass is 35.5. The zero-order valence-electron chi connectivity index (χ0n) is 9.98. The van der Waals surface area contributed by atoms with Crippen LogP contribution in [-0.2, 0) is 17.6 Å². The van der Waals surface area contributed by atoms with E-state index >= 15 is 0 Å². The number of carbonyl (C=O) groups is 1. The fourth-order valence-corrected chi connectivity index (χ4v) is 2.50. The summed E-state index contributed by atoms with van der Waals surface area (Å²) in [5.41, 5.74) is 9.86. The Morgan fingerprint density at radius 2 is 2.24 bits per heavy atom. The zero-order chi connectivity index (χ0) is 12.4. The van der Waals surface area contributed by atoms with Crippen LogP contribution in [0, 0.1) is 6.92 Å². The molecule has 92 valence electrons. The van der Waals surface area contributed by atoms with Gasteiger partial charge in [0.25, 0.3) is 0 Å². The van der Waals surface area contributed by atoms with Crippen molar-refractivity contribution in [1.82, 2.24) is 0 Å². The van der Waals surface area contributed by atoms with Gasteiger partial charge in [-0.3, -0.25) is 4.79 Å². The Morgan fingerprint density at radius 1 is 1.47 bits per heavy atom. The van der Waals surface area contributed by atoms with Crippen LogP contribution >= 0.6 is 11.6 Å². The maximum absolute atomic E-state index is 11.5. The van der Waals surface area contributed by atoms with Gasteiger partial charge in [-0.1, -0.05) is 11.6 Å². The number of aryl methyl sites for hydroxylation is 1. The molecule has 3 N–H and O–H groups in total. The van der Waals surface area contributed by atoms with Crippen LogP contribution in [0.3, 0.4) is 0 Å². The third kappa shape index (κ3) is 2.45. The van der Waals surface area contributed by atoms with Gasteiger partial charge in [-0.05, 0) is 55.5 Å². The molecule has 3 nitrogen and oxygen atoms in total. The lowest BCUT2D eigenvalue weighted by atomic mass is 9.93. The van der Waals surface area contributed by atoms with Crippen molar-refractivity contribution in [2.75, 3.05) is 11.9 Å². The van der Waals surface area contributed by atoms with E-state index in [0.717, 1.165) is 46.7 Å². The van der Waals surface area contributed by atoms with Crippen LogP contribution in [0.25, 0.3) is 0 Å². The Bertz CT molecular complexity index is 457. The molecule has 0 atom stereocenters. The van der Waals surface area contributed by atoms with Crippen molar-refractivity contribution in [3.8, 4) is 0 Å². The Labute approximate surface area is 106 Å². The molecule has 1 aliphatic heterocycles. The molecule has 1 aromatic rings. The molecule has 0 aliphatic carbocycles. The van der Waals surface area contributed by atoms with E-state index in [2.05, 4.69) is 5.32 Å². The monoisotopic (exact) mass is 252 g/mol. The van der Waals surface area contributed by atoms with Crippen molar-refractivity contribution in [3.05, 3.63) is 27.8 Å². The van der Waals surface area contributed by atoms with Crippen LogP contribution in [-0.4, -0.2) is 12.5 Å². The maximum atomic E-state index is 11.5. The summed E-state index contributed by atoms with van der Waals surface area (Å²) in [5, 5.41) is 3.75. The van der Waals surface area contributed by atoms with Crippen molar-refractivity contribution in [3.63, 3.8) is 0 Å². The normalized spacial score (nSPS) is 14.4. The number of benzene rings is 1. The fourth-order valence-electron chi connectivity index (χ4n) is 2.25. The minimum atomic E-state index is 0.0909. The molecule has 0 saturated carbocycles. The number of amides is 1. The lowest BCUT2D eigenvalue weighted by Crippen LogP contribution is -2.21. The predicted octanol–water partition coefficient (Wildman–Crippen LogP) is 2.42. The number of hydrogen-bond donors (Lipinski definition) is 2. The summed E-state index contributed by atoms with van der Waals surface area (Å²) < 4.78 is 0. The van der Waals surface area contributed by atoms with E-state index in [4.69, 9.17) is 17.3 Å². The summed E-state index contributed by atoms with van der Waals surface area (Å²) in [5.74, 6) is 0.0909. The molecule has 4 heteroatoms. The van der Waals surface area contributed by atoms with Crippen molar-refractivity contribution >= 4 is 23.2 Å². The topological polar surface area (TPSA) is 55.1 Å². The molecule has 2 rings (SSSR count). The second-order valence-electron chi connectivity index (χ2n) is 4.44. The van der Waals surface area contributed by atoms with E-state index in [1.807, 2.05) is 13.0 Å². The second kappa shape index (κ2) is 5.07. The molecular weight excluding hydrogens is 236 g/mol. The van der Waals surface area contributed by atoms with Crippen molar-refractivity contribution < 1.29 is 4.79 Å². The molecule has 0 bridgehead atoms. The highest BCUT2D eigenvalue weighted by Gasteiger charge is 2.20. The Balaban J connectivity index is 2.46. The van der Waals surface area contributed by atoms with E-state index in [0.29, 0.717) is 13.0 Å². The van der Waals surface area contributed by atoms with Crippen molar-refractivity contribution in [2.45, 2.75) is 32.6 Å². The third-order valence-electron chi connectivity index (χ3n) is 3.25. The predicted molar refractivity (Wildman–Crippen MR) is 70.5 cm³/mol. The first-order valence-electron chi connectivity index (χ1n) is 5.94. The van der Waals surface area contributed by atoms with Crippen LogP contribution < -0.4 is 11.1 Å². The van der Waals surface area contributed by atoms with Crippen LogP contribution in [0.15, 0.2) is 6.07 Å². The molecular formula is C13H17ClN2O. The average Bonchev–Trinajstić information content (AvgIpc) is 2.31. The Hall–Kier alpha value is -1.06. The Morgan fingerprint density at radius 3 is 2.94 bits per heavy atom. The summed E-state index contributed by atoms with van der Waals surface area (Å²) in [7, 11) is 0. The second-order valence-corrected chi connectivity index (χ2v) is 4.84. The standard InChI is InChI=1S/C13H17ClN2O/c1-8-10(3-2-6-15)13-9(7-11(8)14)4-5-12(17)16-13/h7H,2-6,15H2,1H3,(H,16,17). The third-order valence-corrected chi connectivity index (χ3v) is 3.64. The number of hydrogen-bond acceptors (Lipinski definition) is 2. The highest BCUT2D eigenvalue weighted by molar-refractivity contribution is 6.31. The Kier molecular flexibility index (Phi) is 3.69. The van der Waals surface area contributed by atoms with Gasteiger partial charge in [0, 0.05) is 17.1 Å². The first kappa shape index (κ1) is 12.4. The van der Waals surface area contributed by atoms with E-state index < -0.39 is 0 Å². The first-order chi connectivity index (χ1) is 8.13. The van der Waals surface area contributed by atoms with Gasteiger partial charge in [-0.15, -0.1) is 0 Å². The summed E-state index contributed by atoms with van der Waals surface area (Å²) in [6, 6.07) is 1.97. The number of anilines is 1. The number of nitrogens with two attached hydrogens (primary N) is 1. The lowest BCUT2D eigenvalue weighted by molar-refractivity contribution is -0.116. The van der Waals surface area contributed by atoms with Crippen molar-refractivity contribution in [2.24, 2.45) is 5.73 Å². The molecule has 0 unspecified atom stereocenters. The van der Waals surface area contributed by atoms with Gasteiger partial charge in [0.05, 0.1) is 0 Å². The van der Waals surface area contributed by atoms with E-state index in [9.17, 15) is 4.79 Å². The average molecular weight is 253 g/mol. The van der Waals surface area contributed by atoms with Crippen LogP contribution in [0.4, 0.5) is 5.69 Å². The smallest absolute Gasteiger partial charge is 0.224 e. The van der Waals surface area contributed by atoms with Gasteiger partial charge in [0.15, 0.2) is 0 Å². The summed E-state index contributed by atoms with van der Waals surface area (Å²) >= 11 is 6.22. The molecule has 1 aliphatic rings. The van der Waals surface area contributed by atoms with Gasteiger partial charge < -0.3 is 11.1 Å².